The molecule has 0 spiro atoms. The molecule has 5 heteroatoms. The third kappa shape index (κ3) is 4.62. The summed E-state index contributed by atoms with van der Waals surface area (Å²) in [6.07, 6.45) is 0.862. The average Bonchev–Trinajstić information content (AvgIpc) is 2.64. The number of hydrogen-bond donors (Lipinski definition) is 2. The van der Waals surface area contributed by atoms with E-state index in [1.54, 1.807) is 24.3 Å². The van der Waals surface area contributed by atoms with Crippen LogP contribution in [0.25, 0.3) is 0 Å². The standard InChI is InChI=1S/C18H26N2O3/c1-12(21)13-6-8-14(9-7-13)20-16(22)11-19-15-10-17(2,3)23-18(15,4)5/h6-9,15,19H,10-11H2,1-5H3,(H,20,22). The number of Topliss-reactive ketones (excluding diaryl/α,β-unsaturated/α-hetero) is 1. The van der Waals surface area contributed by atoms with E-state index in [4.69, 9.17) is 4.74 Å². The van der Waals surface area contributed by atoms with Crippen LogP contribution >= 0.6 is 0 Å². The van der Waals surface area contributed by atoms with Crippen LogP contribution < -0.4 is 10.6 Å². The molecule has 23 heavy (non-hydrogen) atoms. The number of ether oxygens (including phenoxy) is 1. The van der Waals surface area contributed by atoms with Crippen LogP contribution in [-0.4, -0.2) is 35.5 Å². The number of ketones is 1. The zero-order valence-electron chi connectivity index (χ0n) is 14.5. The van der Waals surface area contributed by atoms with E-state index in [0.29, 0.717) is 11.3 Å². The van der Waals surface area contributed by atoms with Crippen molar-refractivity contribution in [2.24, 2.45) is 0 Å². The lowest BCUT2D eigenvalue weighted by atomic mass is 9.94. The van der Waals surface area contributed by atoms with Crippen LogP contribution in [0.5, 0.6) is 0 Å². The summed E-state index contributed by atoms with van der Waals surface area (Å²) in [6.45, 7) is 9.95. The van der Waals surface area contributed by atoms with E-state index < -0.39 is 0 Å². The Hall–Kier alpha value is -1.72. The van der Waals surface area contributed by atoms with Gasteiger partial charge in [0.15, 0.2) is 5.78 Å². The SMILES string of the molecule is CC(=O)c1ccc(NC(=O)CNC2CC(C)(C)OC2(C)C)cc1. The van der Waals surface area contributed by atoms with Gasteiger partial charge in [-0.15, -0.1) is 0 Å². The Morgan fingerprint density at radius 1 is 1.17 bits per heavy atom. The minimum absolute atomic E-state index is 0.00984. The zero-order chi connectivity index (χ0) is 17.3. The lowest BCUT2D eigenvalue weighted by molar-refractivity contribution is -0.115. The van der Waals surface area contributed by atoms with Crippen LogP contribution in [0.15, 0.2) is 24.3 Å². The monoisotopic (exact) mass is 318 g/mol. The normalized spacial score (nSPS) is 21.9. The second-order valence-electron chi connectivity index (χ2n) is 7.28. The smallest absolute Gasteiger partial charge is 0.238 e. The molecule has 1 aliphatic rings. The molecule has 2 rings (SSSR count). The number of hydrogen-bond acceptors (Lipinski definition) is 4. The first-order valence-corrected chi connectivity index (χ1v) is 7.93. The second-order valence-corrected chi connectivity index (χ2v) is 7.28. The Morgan fingerprint density at radius 2 is 1.78 bits per heavy atom. The third-order valence-electron chi connectivity index (χ3n) is 4.16. The van der Waals surface area contributed by atoms with Crippen LogP contribution in [0.4, 0.5) is 5.69 Å². The van der Waals surface area contributed by atoms with Gasteiger partial charge in [0.05, 0.1) is 17.7 Å². The minimum atomic E-state index is -0.299. The van der Waals surface area contributed by atoms with Crippen LogP contribution in [0.1, 0.15) is 51.4 Å². The summed E-state index contributed by atoms with van der Waals surface area (Å²) in [7, 11) is 0. The van der Waals surface area contributed by atoms with Crippen molar-refractivity contribution in [3.05, 3.63) is 29.8 Å². The average molecular weight is 318 g/mol. The van der Waals surface area contributed by atoms with Gasteiger partial charge in [0.25, 0.3) is 0 Å². The molecule has 1 heterocycles. The van der Waals surface area contributed by atoms with Gasteiger partial charge in [-0.05, 0) is 65.3 Å². The summed E-state index contributed by atoms with van der Waals surface area (Å²) < 4.78 is 6.01. The molecule has 1 unspecified atom stereocenters. The van der Waals surface area contributed by atoms with E-state index in [-0.39, 0.29) is 35.5 Å². The summed E-state index contributed by atoms with van der Waals surface area (Å²) in [6, 6.07) is 7.02. The van der Waals surface area contributed by atoms with Crippen LogP contribution in [0.2, 0.25) is 0 Å². The maximum Gasteiger partial charge on any atom is 0.238 e. The van der Waals surface area contributed by atoms with E-state index in [1.165, 1.54) is 6.92 Å². The fourth-order valence-electron chi connectivity index (χ4n) is 3.09. The van der Waals surface area contributed by atoms with Gasteiger partial charge in [-0.1, -0.05) is 0 Å². The van der Waals surface area contributed by atoms with Gasteiger partial charge in [-0.25, -0.2) is 0 Å². The summed E-state index contributed by atoms with van der Waals surface area (Å²) in [5, 5.41) is 6.11. The van der Waals surface area contributed by atoms with E-state index >= 15 is 0 Å². The highest BCUT2D eigenvalue weighted by atomic mass is 16.5. The van der Waals surface area contributed by atoms with Gasteiger partial charge >= 0.3 is 0 Å². The molecule has 1 amide bonds. The first kappa shape index (κ1) is 17.6. The fourth-order valence-corrected chi connectivity index (χ4v) is 3.09. The predicted octanol–water partition coefficient (Wildman–Crippen LogP) is 2.76. The van der Waals surface area contributed by atoms with Crippen molar-refractivity contribution in [3.8, 4) is 0 Å². The maximum absolute atomic E-state index is 12.1. The zero-order valence-corrected chi connectivity index (χ0v) is 14.5. The Bertz CT molecular complexity index is 591. The third-order valence-corrected chi connectivity index (χ3v) is 4.16. The lowest BCUT2D eigenvalue weighted by Crippen LogP contribution is -2.46. The molecule has 2 N–H and O–H groups in total. The quantitative estimate of drug-likeness (QED) is 0.819. The Balaban J connectivity index is 1.87. The molecule has 0 aliphatic carbocycles. The van der Waals surface area contributed by atoms with Crippen LogP contribution in [-0.2, 0) is 9.53 Å². The summed E-state index contributed by atoms with van der Waals surface area (Å²) in [5.41, 5.74) is 0.838. The molecule has 1 aromatic carbocycles. The van der Waals surface area contributed by atoms with Crippen molar-refractivity contribution >= 4 is 17.4 Å². The van der Waals surface area contributed by atoms with Gasteiger partial charge in [0, 0.05) is 17.3 Å². The van der Waals surface area contributed by atoms with Crippen LogP contribution in [0.3, 0.4) is 0 Å². The Labute approximate surface area is 137 Å². The van der Waals surface area contributed by atoms with Gasteiger partial charge in [-0.2, -0.15) is 0 Å². The topological polar surface area (TPSA) is 67.4 Å². The number of nitrogens with one attached hydrogen (secondary N) is 2. The van der Waals surface area contributed by atoms with Gasteiger partial charge in [-0.3, -0.25) is 9.59 Å². The molecular formula is C18H26N2O3. The highest BCUT2D eigenvalue weighted by Gasteiger charge is 2.45. The van der Waals surface area contributed by atoms with E-state index in [0.717, 1.165) is 6.42 Å². The first-order valence-electron chi connectivity index (χ1n) is 7.93. The number of benzene rings is 1. The van der Waals surface area contributed by atoms with Crippen molar-refractivity contribution in [2.75, 3.05) is 11.9 Å². The highest BCUT2D eigenvalue weighted by molar-refractivity contribution is 5.96. The molecule has 126 valence electrons. The minimum Gasteiger partial charge on any atom is -0.368 e. The van der Waals surface area contributed by atoms with Crippen molar-refractivity contribution in [2.45, 2.75) is 58.3 Å². The van der Waals surface area contributed by atoms with E-state index in [9.17, 15) is 9.59 Å². The molecule has 1 aromatic rings. The summed E-state index contributed by atoms with van der Waals surface area (Å²) in [4.78, 5) is 23.3. The number of amides is 1. The molecule has 1 saturated heterocycles. The number of carbonyl (C=O) groups is 2. The lowest BCUT2D eigenvalue weighted by Gasteiger charge is -2.27. The molecule has 1 fully saturated rings. The molecule has 0 aromatic heterocycles. The molecule has 0 bridgehead atoms. The highest BCUT2D eigenvalue weighted by Crippen LogP contribution is 2.37. The van der Waals surface area contributed by atoms with Crippen LogP contribution in [0, 0.1) is 0 Å². The van der Waals surface area contributed by atoms with Crippen molar-refractivity contribution in [3.63, 3.8) is 0 Å². The molecule has 1 atom stereocenters. The molecule has 0 saturated carbocycles. The number of anilines is 1. The fraction of sp³-hybridized carbons (Fsp3) is 0.556. The largest absolute Gasteiger partial charge is 0.368 e. The number of rotatable bonds is 5. The molecule has 1 aliphatic heterocycles. The first-order chi connectivity index (χ1) is 10.6. The van der Waals surface area contributed by atoms with E-state index in [1.807, 2.05) is 13.8 Å². The molecule has 0 radical (unpaired) electrons. The maximum atomic E-state index is 12.1. The van der Waals surface area contributed by atoms with Crippen molar-refractivity contribution < 1.29 is 14.3 Å². The number of carbonyl (C=O) groups excluding carboxylic acids is 2. The van der Waals surface area contributed by atoms with Gasteiger partial charge < -0.3 is 15.4 Å². The summed E-state index contributed by atoms with van der Waals surface area (Å²) >= 11 is 0. The predicted molar refractivity (Wildman–Crippen MR) is 90.7 cm³/mol. The van der Waals surface area contributed by atoms with Crippen molar-refractivity contribution in [1.29, 1.82) is 0 Å². The Morgan fingerprint density at radius 3 is 2.26 bits per heavy atom. The molecule has 5 nitrogen and oxygen atoms in total. The molecular weight excluding hydrogens is 292 g/mol. The van der Waals surface area contributed by atoms with Crippen molar-refractivity contribution in [1.82, 2.24) is 5.32 Å². The van der Waals surface area contributed by atoms with Gasteiger partial charge in [0.1, 0.15) is 0 Å². The Kier molecular flexibility index (Phi) is 4.92. The van der Waals surface area contributed by atoms with Gasteiger partial charge in [0.2, 0.25) is 5.91 Å². The summed E-state index contributed by atoms with van der Waals surface area (Å²) in [5.74, 6) is -0.100. The van der Waals surface area contributed by atoms with E-state index in [2.05, 4.69) is 24.5 Å². The second kappa shape index (κ2) is 6.42.